The van der Waals surface area contributed by atoms with Gasteiger partial charge in [-0.15, -0.1) is 0 Å². The zero-order valence-corrected chi connectivity index (χ0v) is 22.4. The van der Waals surface area contributed by atoms with E-state index in [-0.39, 0.29) is 27.0 Å². The zero-order chi connectivity index (χ0) is 27.0. The SMILES string of the molecule is CC(C)Oc1cc(Oc2ccc(S(C)(=O)=O)cc2)cc(C(=O)Nc2nc3cc(P(=O)(O)O)ccc3s2)c1. The second-order valence-electron chi connectivity index (χ2n) is 8.37. The Hall–Kier alpha value is -3.28. The van der Waals surface area contributed by atoms with Crippen LogP contribution in [0.5, 0.6) is 17.2 Å². The van der Waals surface area contributed by atoms with Crippen LogP contribution >= 0.6 is 18.9 Å². The number of ether oxygens (including phenoxy) is 2. The van der Waals surface area contributed by atoms with Crippen LogP contribution in [0.4, 0.5) is 5.13 Å². The van der Waals surface area contributed by atoms with E-state index >= 15 is 0 Å². The van der Waals surface area contributed by atoms with Crippen molar-refractivity contribution in [3.63, 3.8) is 0 Å². The third-order valence-electron chi connectivity index (χ3n) is 4.93. The van der Waals surface area contributed by atoms with Gasteiger partial charge in [-0.25, -0.2) is 13.4 Å². The lowest BCUT2D eigenvalue weighted by Crippen LogP contribution is -2.13. The Morgan fingerprint density at radius 2 is 1.68 bits per heavy atom. The van der Waals surface area contributed by atoms with Gasteiger partial charge in [0.05, 0.1) is 26.5 Å². The number of carbonyl (C=O) groups excluding carboxylic acids is 1. The van der Waals surface area contributed by atoms with Gasteiger partial charge in [0.1, 0.15) is 17.2 Å². The van der Waals surface area contributed by atoms with Crippen LogP contribution in [-0.2, 0) is 14.4 Å². The number of hydrogen-bond acceptors (Lipinski definition) is 8. The summed E-state index contributed by atoms with van der Waals surface area (Å²) in [5.74, 6) is 0.556. The lowest BCUT2D eigenvalue weighted by Gasteiger charge is -2.14. The van der Waals surface area contributed by atoms with Crippen LogP contribution in [0.1, 0.15) is 24.2 Å². The maximum atomic E-state index is 13.1. The smallest absolute Gasteiger partial charge is 0.356 e. The molecule has 194 valence electrons. The molecule has 1 heterocycles. The number of rotatable bonds is 8. The molecular weight excluding hydrogens is 539 g/mol. The van der Waals surface area contributed by atoms with E-state index in [9.17, 15) is 27.6 Å². The Morgan fingerprint density at radius 3 is 2.30 bits per heavy atom. The van der Waals surface area contributed by atoms with E-state index in [0.29, 0.717) is 27.5 Å². The molecule has 0 aliphatic rings. The monoisotopic (exact) mass is 562 g/mol. The van der Waals surface area contributed by atoms with E-state index in [1.54, 1.807) is 12.1 Å². The van der Waals surface area contributed by atoms with Gasteiger partial charge < -0.3 is 19.3 Å². The van der Waals surface area contributed by atoms with Gasteiger partial charge in [0.15, 0.2) is 15.0 Å². The summed E-state index contributed by atoms with van der Waals surface area (Å²) in [5, 5.41) is 2.79. The number of anilines is 1. The fraction of sp³-hybridized carbons (Fsp3) is 0.167. The summed E-state index contributed by atoms with van der Waals surface area (Å²) < 4.78 is 47.2. The number of amides is 1. The molecule has 0 bridgehead atoms. The van der Waals surface area contributed by atoms with Crippen molar-refractivity contribution in [2.45, 2.75) is 24.8 Å². The summed E-state index contributed by atoms with van der Waals surface area (Å²) in [4.78, 5) is 36.3. The molecule has 4 aromatic rings. The van der Waals surface area contributed by atoms with Crippen LogP contribution in [0.25, 0.3) is 10.2 Å². The van der Waals surface area contributed by atoms with Crippen LogP contribution in [0.3, 0.4) is 0 Å². The van der Waals surface area contributed by atoms with Crippen LogP contribution in [0.2, 0.25) is 0 Å². The molecule has 0 fully saturated rings. The summed E-state index contributed by atoms with van der Waals surface area (Å²) >= 11 is 1.16. The minimum atomic E-state index is -4.43. The van der Waals surface area contributed by atoms with Crippen molar-refractivity contribution in [1.82, 2.24) is 4.98 Å². The quantitative estimate of drug-likeness (QED) is 0.266. The zero-order valence-electron chi connectivity index (χ0n) is 19.9. The third-order valence-corrected chi connectivity index (χ3v) is 7.96. The molecule has 0 atom stereocenters. The van der Waals surface area contributed by atoms with Gasteiger partial charge >= 0.3 is 7.60 Å². The highest BCUT2D eigenvalue weighted by molar-refractivity contribution is 7.90. The van der Waals surface area contributed by atoms with Gasteiger partial charge in [-0.1, -0.05) is 11.3 Å². The summed E-state index contributed by atoms with van der Waals surface area (Å²) in [5.41, 5.74) is 0.565. The van der Waals surface area contributed by atoms with Gasteiger partial charge in [-0.2, -0.15) is 0 Å². The van der Waals surface area contributed by atoms with E-state index in [1.807, 2.05) is 13.8 Å². The Bertz CT molecular complexity index is 1630. The van der Waals surface area contributed by atoms with Gasteiger partial charge in [0, 0.05) is 17.9 Å². The summed E-state index contributed by atoms with van der Waals surface area (Å²) in [7, 11) is -7.78. The van der Waals surface area contributed by atoms with E-state index in [2.05, 4.69) is 10.3 Å². The molecule has 0 unspecified atom stereocenters. The van der Waals surface area contributed by atoms with Gasteiger partial charge in [0.25, 0.3) is 5.91 Å². The third kappa shape index (κ3) is 6.73. The molecule has 1 aromatic heterocycles. The van der Waals surface area contributed by atoms with E-state index < -0.39 is 23.3 Å². The summed E-state index contributed by atoms with van der Waals surface area (Å²) in [6.45, 7) is 3.67. The first-order valence-electron chi connectivity index (χ1n) is 10.9. The van der Waals surface area contributed by atoms with Crippen molar-refractivity contribution in [2.24, 2.45) is 0 Å². The second-order valence-corrected chi connectivity index (χ2v) is 13.0. The normalized spacial score (nSPS) is 12.1. The van der Waals surface area contributed by atoms with Crippen molar-refractivity contribution in [3.8, 4) is 17.2 Å². The summed E-state index contributed by atoms with van der Waals surface area (Å²) in [6.07, 6.45) is 0.940. The topological polar surface area (TPSA) is 152 Å². The van der Waals surface area contributed by atoms with E-state index in [0.717, 1.165) is 17.6 Å². The lowest BCUT2D eigenvalue weighted by atomic mass is 10.2. The number of thiazole rings is 1. The minimum absolute atomic E-state index is 0.153. The number of fused-ring (bicyclic) bond motifs is 1. The highest BCUT2D eigenvalue weighted by Gasteiger charge is 2.19. The predicted octanol–water partition coefficient (Wildman–Crippen LogP) is 4.33. The molecule has 0 saturated heterocycles. The van der Waals surface area contributed by atoms with Gasteiger partial charge in [-0.05, 0) is 68.4 Å². The molecule has 37 heavy (non-hydrogen) atoms. The minimum Gasteiger partial charge on any atom is -0.491 e. The Labute approximate surface area is 217 Å². The van der Waals surface area contributed by atoms with Crippen LogP contribution in [0.15, 0.2) is 65.6 Å². The second kappa shape index (κ2) is 10.2. The van der Waals surface area contributed by atoms with Crippen molar-refractivity contribution < 1.29 is 37.0 Å². The standard InChI is InChI=1S/C24H23N2O8PS2/c1-14(2)33-17-10-15(11-18(12-17)34-16-4-7-20(8-5-16)37(3,31)32)23(27)26-24-25-21-13-19(35(28,29)30)6-9-22(21)36-24/h4-14H,1-3H3,(H,25,26,27)(H2,28,29,30). The molecule has 0 aliphatic carbocycles. The van der Waals surface area contributed by atoms with Crippen LogP contribution in [-0.4, -0.2) is 41.5 Å². The number of benzene rings is 3. The van der Waals surface area contributed by atoms with Crippen molar-refractivity contribution >= 4 is 55.3 Å². The number of carbonyl (C=O) groups is 1. The number of hydrogen-bond donors (Lipinski definition) is 3. The first-order valence-corrected chi connectivity index (χ1v) is 15.2. The van der Waals surface area contributed by atoms with Crippen molar-refractivity contribution in [3.05, 3.63) is 66.2 Å². The fourth-order valence-corrected chi connectivity index (χ4v) is 5.34. The maximum absolute atomic E-state index is 13.1. The molecule has 3 aromatic carbocycles. The molecule has 0 saturated carbocycles. The van der Waals surface area contributed by atoms with Crippen molar-refractivity contribution in [2.75, 3.05) is 11.6 Å². The maximum Gasteiger partial charge on any atom is 0.356 e. The molecule has 0 aliphatic heterocycles. The summed E-state index contributed by atoms with van der Waals surface area (Å²) in [6, 6.07) is 14.7. The van der Waals surface area contributed by atoms with Crippen LogP contribution < -0.4 is 20.1 Å². The van der Waals surface area contributed by atoms with E-state index in [4.69, 9.17) is 9.47 Å². The predicted molar refractivity (Wildman–Crippen MR) is 141 cm³/mol. The lowest BCUT2D eigenvalue weighted by molar-refractivity contribution is 0.102. The first-order chi connectivity index (χ1) is 17.3. The van der Waals surface area contributed by atoms with Gasteiger partial charge in [0.2, 0.25) is 0 Å². The average Bonchev–Trinajstić information content (AvgIpc) is 3.19. The Balaban J connectivity index is 1.60. The molecule has 10 nitrogen and oxygen atoms in total. The number of nitrogens with zero attached hydrogens (tertiary/aromatic N) is 1. The molecule has 0 spiro atoms. The molecular formula is C24H23N2O8PS2. The number of sulfone groups is 1. The highest BCUT2D eigenvalue weighted by atomic mass is 32.2. The van der Waals surface area contributed by atoms with Crippen LogP contribution in [0, 0.1) is 0 Å². The van der Waals surface area contributed by atoms with E-state index in [1.165, 1.54) is 48.5 Å². The highest BCUT2D eigenvalue weighted by Crippen LogP contribution is 2.36. The first kappa shape index (κ1) is 26.8. The Morgan fingerprint density at radius 1 is 1.00 bits per heavy atom. The molecule has 1 amide bonds. The fourth-order valence-electron chi connectivity index (χ4n) is 3.31. The molecule has 4 rings (SSSR count). The van der Waals surface area contributed by atoms with Gasteiger partial charge in [-0.3, -0.25) is 14.7 Å². The average molecular weight is 563 g/mol. The number of aromatic nitrogens is 1. The molecule has 13 heteroatoms. The largest absolute Gasteiger partial charge is 0.491 e. The number of nitrogens with one attached hydrogen (secondary N) is 1. The Kier molecular flexibility index (Phi) is 7.40. The molecule has 0 radical (unpaired) electrons. The molecule has 3 N–H and O–H groups in total. The van der Waals surface area contributed by atoms with Crippen molar-refractivity contribution in [1.29, 1.82) is 0 Å².